The molecule has 2 rings (SSSR count). The highest BCUT2D eigenvalue weighted by Crippen LogP contribution is 2.21. The van der Waals surface area contributed by atoms with Gasteiger partial charge in [-0.3, -0.25) is 0 Å². The van der Waals surface area contributed by atoms with Gasteiger partial charge >= 0.3 is 0 Å². The van der Waals surface area contributed by atoms with Gasteiger partial charge < -0.3 is 5.32 Å². The van der Waals surface area contributed by atoms with Crippen LogP contribution < -0.4 is 5.32 Å². The third-order valence-electron chi connectivity index (χ3n) is 2.64. The second kappa shape index (κ2) is 3.93. The van der Waals surface area contributed by atoms with E-state index in [-0.39, 0.29) is 0 Å². The summed E-state index contributed by atoms with van der Waals surface area (Å²) in [6.45, 7) is 6.40. The van der Waals surface area contributed by atoms with Crippen molar-refractivity contribution in [2.24, 2.45) is 0 Å². The maximum absolute atomic E-state index is 3.38. The van der Waals surface area contributed by atoms with Crippen LogP contribution in [0, 0.1) is 6.92 Å². The Morgan fingerprint density at radius 3 is 2.33 bits per heavy atom. The Morgan fingerprint density at radius 2 is 1.73 bits per heavy atom. The van der Waals surface area contributed by atoms with Crippen molar-refractivity contribution in [2.75, 3.05) is 0 Å². The predicted octanol–water partition coefficient (Wildman–Crippen LogP) is 3.27. The molecule has 1 aliphatic heterocycles. The molecule has 1 nitrogen and oxygen atoms in total. The predicted molar refractivity (Wildman–Crippen MR) is 65.5 cm³/mol. The Bertz CT molecular complexity index is 409. The fourth-order valence-corrected chi connectivity index (χ4v) is 1.92. The summed E-state index contributed by atoms with van der Waals surface area (Å²) >= 11 is 0. The monoisotopic (exact) mass is 199 g/mol. The van der Waals surface area contributed by atoms with Gasteiger partial charge in [-0.15, -0.1) is 0 Å². The second-order valence-electron chi connectivity index (χ2n) is 4.25. The van der Waals surface area contributed by atoms with Crippen molar-refractivity contribution in [3.8, 4) is 0 Å². The van der Waals surface area contributed by atoms with Crippen molar-refractivity contribution >= 4 is 5.57 Å². The summed E-state index contributed by atoms with van der Waals surface area (Å²) in [6, 6.07) is 9.11. The minimum Gasteiger partial charge on any atom is -0.383 e. The third kappa shape index (κ3) is 2.30. The molecule has 0 radical (unpaired) electrons. The molecular weight excluding hydrogens is 182 g/mol. The maximum atomic E-state index is 3.38. The van der Waals surface area contributed by atoms with Crippen LogP contribution in [-0.4, -0.2) is 6.04 Å². The van der Waals surface area contributed by atoms with Crippen LogP contribution in [0.25, 0.3) is 5.57 Å². The Balaban J connectivity index is 2.35. The zero-order valence-corrected chi connectivity index (χ0v) is 9.54. The van der Waals surface area contributed by atoms with E-state index in [1.54, 1.807) is 0 Å². The third-order valence-corrected chi connectivity index (χ3v) is 2.64. The highest BCUT2D eigenvalue weighted by molar-refractivity contribution is 5.76. The lowest BCUT2D eigenvalue weighted by Crippen LogP contribution is -2.24. The summed E-state index contributed by atoms with van der Waals surface area (Å²) in [6.07, 6.45) is 4.46. The van der Waals surface area contributed by atoms with Crippen LogP contribution in [0.2, 0.25) is 0 Å². The molecule has 15 heavy (non-hydrogen) atoms. The number of allylic oxidation sites excluding steroid dienone is 3. The van der Waals surface area contributed by atoms with Crippen LogP contribution >= 0.6 is 0 Å². The van der Waals surface area contributed by atoms with E-state index >= 15 is 0 Å². The molecule has 1 aromatic carbocycles. The molecule has 0 aliphatic carbocycles. The molecule has 0 saturated heterocycles. The van der Waals surface area contributed by atoms with Crippen molar-refractivity contribution < 1.29 is 0 Å². The van der Waals surface area contributed by atoms with Gasteiger partial charge in [0.2, 0.25) is 0 Å². The van der Waals surface area contributed by atoms with Crippen LogP contribution in [0.5, 0.6) is 0 Å². The van der Waals surface area contributed by atoms with Gasteiger partial charge in [-0.1, -0.05) is 35.9 Å². The zero-order valence-electron chi connectivity index (χ0n) is 9.54. The fraction of sp³-hybridized carbons (Fsp3) is 0.286. The van der Waals surface area contributed by atoms with Crippen molar-refractivity contribution in [2.45, 2.75) is 26.8 Å². The van der Waals surface area contributed by atoms with Gasteiger partial charge in [0.1, 0.15) is 0 Å². The molecular formula is C14H17N. The Kier molecular flexibility index (Phi) is 2.63. The number of nitrogens with one attached hydrogen (secondary N) is 1. The van der Waals surface area contributed by atoms with Crippen molar-refractivity contribution in [1.82, 2.24) is 5.32 Å². The first-order valence-electron chi connectivity index (χ1n) is 5.39. The van der Waals surface area contributed by atoms with E-state index in [0.29, 0.717) is 6.04 Å². The van der Waals surface area contributed by atoms with E-state index in [2.05, 4.69) is 62.5 Å². The zero-order chi connectivity index (χ0) is 10.8. The van der Waals surface area contributed by atoms with Gasteiger partial charge in [0.25, 0.3) is 0 Å². The standard InChI is InChI=1S/C14H17N/c1-10-4-6-13(7-5-10)14-8-11(2)15-12(3)9-14/h4-9,11,15H,1-3H3. The molecule has 1 atom stereocenters. The molecule has 0 bridgehead atoms. The minimum absolute atomic E-state index is 0.423. The summed E-state index contributed by atoms with van der Waals surface area (Å²) in [5, 5.41) is 3.38. The molecule has 1 aromatic rings. The first kappa shape index (κ1) is 10.0. The van der Waals surface area contributed by atoms with Crippen LogP contribution in [0.1, 0.15) is 25.0 Å². The largest absolute Gasteiger partial charge is 0.383 e. The molecule has 78 valence electrons. The molecule has 0 saturated carbocycles. The molecule has 0 fully saturated rings. The van der Waals surface area contributed by atoms with Crippen LogP contribution in [0.4, 0.5) is 0 Å². The van der Waals surface area contributed by atoms with Gasteiger partial charge in [-0.2, -0.15) is 0 Å². The van der Waals surface area contributed by atoms with E-state index in [1.165, 1.54) is 22.4 Å². The lowest BCUT2D eigenvalue weighted by atomic mass is 9.99. The first-order chi connectivity index (χ1) is 7.15. The number of rotatable bonds is 1. The number of benzene rings is 1. The Hall–Kier alpha value is -1.50. The van der Waals surface area contributed by atoms with E-state index in [0.717, 1.165) is 0 Å². The van der Waals surface area contributed by atoms with Crippen molar-refractivity contribution in [3.05, 3.63) is 53.2 Å². The number of hydrogen-bond donors (Lipinski definition) is 1. The minimum atomic E-state index is 0.423. The van der Waals surface area contributed by atoms with Gasteiger partial charge in [-0.05, 0) is 38.0 Å². The lowest BCUT2D eigenvalue weighted by molar-refractivity contribution is 0.721. The summed E-state index contributed by atoms with van der Waals surface area (Å²) in [5.74, 6) is 0. The molecule has 0 spiro atoms. The van der Waals surface area contributed by atoms with Crippen LogP contribution in [-0.2, 0) is 0 Å². The molecule has 0 amide bonds. The van der Waals surface area contributed by atoms with E-state index in [1.807, 2.05) is 0 Å². The molecule has 1 heteroatoms. The summed E-state index contributed by atoms with van der Waals surface area (Å²) in [4.78, 5) is 0. The van der Waals surface area contributed by atoms with E-state index < -0.39 is 0 Å². The quantitative estimate of drug-likeness (QED) is 0.732. The summed E-state index contributed by atoms with van der Waals surface area (Å²) in [5.41, 5.74) is 5.16. The second-order valence-corrected chi connectivity index (χ2v) is 4.25. The Morgan fingerprint density at radius 1 is 1.07 bits per heavy atom. The molecule has 0 aromatic heterocycles. The molecule has 1 heterocycles. The highest BCUT2D eigenvalue weighted by atomic mass is 14.9. The average Bonchev–Trinajstić information content (AvgIpc) is 2.17. The Labute approximate surface area is 91.5 Å². The van der Waals surface area contributed by atoms with Crippen LogP contribution in [0.15, 0.2) is 42.1 Å². The summed E-state index contributed by atoms with van der Waals surface area (Å²) < 4.78 is 0. The van der Waals surface area contributed by atoms with Gasteiger partial charge in [0.15, 0.2) is 0 Å². The van der Waals surface area contributed by atoms with Crippen molar-refractivity contribution in [1.29, 1.82) is 0 Å². The number of hydrogen-bond acceptors (Lipinski definition) is 1. The van der Waals surface area contributed by atoms with Crippen LogP contribution in [0.3, 0.4) is 0 Å². The SMILES string of the molecule is CC1=CC(c2ccc(C)cc2)=CC(C)N1. The van der Waals surface area contributed by atoms with Gasteiger partial charge in [0.05, 0.1) is 0 Å². The first-order valence-corrected chi connectivity index (χ1v) is 5.39. The van der Waals surface area contributed by atoms with Crippen molar-refractivity contribution in [3.63, 3.8) is 0 Å². The van der Waals surface area contributed by atoms with E-state index in [4.69, 9.17) is 0 Å². The van der Waals surface area contributed by atoms with Gasteiger partial charge in [0, 0.05) is 11.7 Å². The normalized spacial score (nSPS) is 20.3. The smallest absolute Gasteiger partial charge is 0.0422 e. The molecule has 1 aliphatic rings. The number of dihydropyridines is 1. The molecule has 1 unspecified atom stereocenters. The fourth-order valence-electron chi connectivity index (χ4n) is 1.92. The lowest BCUT2D eigenvalue weighted by Gasteiger charge is -2.19. The average molecular weight is 199 g/mol. The molecule has 1 N–H and O–H groups in total. The highest BCUT2D eigenvalue weighted by Gasteiger charge is 2.08. The number of aryl methyl sites for hydroxylation is 1. The van der Waals surface area contributed by atoms with Gasteiger partial charge in [-0.25, -0.2) is 0 Å². The van der Waals surface area contributed by atoms with E-state index in [9.17, 15) is 0 Å². The topological polar surface area (TPSA) is 12.0 Å². The summed E-state index contributed by atoms with van der Waals surface area (Å²) in [7, 11) is 0. The maximum Gasteiger partial charge on any atom is 0.0422 e.